The molecule has 0 aliphatic carbocycles. The van der Waals surface area contributed by atoms with E-state index in [4.69, 9.17) is 9.47 Å². The molecule has 6 rings (SSSR count). The third kappa shape index (κ3) is 4.80. The van der Waals surface area contributed by atoms with Gasteiger partial charge >= 0.3 is 5.91 Å². The van der Waals surface area contributed by atoms with Gasteiger partial charge in [-0.25, -0.2) is 8.78 Å². The molecule has 1 saturated heterocycles. The van der Waals surface area contributed by atoms with Crippen LogP contribution in [0.5, 0.6) is 11.5 Å². The van der Waals surface area contributed by atoms with E-state index in [1.807, 2.05) is 0 Å². The molecule has 3 aromatic carbocycles. The van der Waals surface area contributed by atoms with Crippen molar-refractivity contribution in [1.29, 1.82) is 0 Å². The molecule has 12 heteroatoms. The van der Waals surface area contributed by atoms with Crippen molar-refractivity contribution in [3.8, 4) is 11.5 Å². The number of nitrogens with zero attached hydrogens (tertiary/aromatic N) is 3. The molecule has 0 bridgehead atoms. The van der Waals surface area contributed by atoms with Crippen LogP contribution in [-0.2, 0) is 15.3 Å². The number of anilines is 1. The summed E-state index contributed by atoms with van der Waals surface area (Å²) in [7, 11) is 0. The zero-order valence-electron chi connectivity index (χ0n) is 20.5. The van der Waals surface area contributed by atoms with Crippen LogP contribution in [0.2, 0.25) is 0 Å². The zero-order valence-corrected chi connectivity index (χ0v) is 22.2. The fourth-order valence-electron chi connectivity index (χ4n) is 4.45. The Hall–Kier alpha value is -4.29. The van der Waals surface area contributed by atoms with Crippen LogP contribution < -0.4 is 14.4 Å². The van der Waals surface area contributed by atoms with Crippen LogP contribution in [-0.4, -0.2) is 40.2 Å². The minimum atomic E-state index is -1.29. The van der Waals surface area contributed by atoms with Gasteiger partial charge in [-0.1, -0.05) is 53.4 Å². The number of carbonyl (C=O) groups excluding carboxylic acids is 2. The number of fused-ring (bicyclic) bond motifs is 1. The highest BCUT2D eigenvalue weighted by molar-refractivity contribution is 8.00. The average Bonchev–Trinajstić information content (AvgIpc) is 3.54. The van der Waals surface area contributed by atoms with Gasteiger partial charge in [-0.3, -0.25) is 14.5 Å². The number of aromatic nitrogens is 2. The summed E-state index contributed by atoms with van der Waals surface area (Å²) in [5.74, 6) is -2.13. The average molecular weight is 580 g/mol. The van der Waals surface area contributed by atoms with Crippen molar-refractivity contribution in [1.82, 2.24) is 10.2 Å². The lowest BCUT2D eigenvalue weighted by molar-refractivity contribution is -0.132. The fraction of sp³-hybridized carbons (Fsp3) is 0.143. The fourth-order valence-corrected chi connectivity index (χ4v) is 6.27. The quantitative estimate of drug-likeness (QED) is 0.105. The summed E-state index contributed by atoms with van der Waals surface area (Å²) in [4.78, 5) is 27.8. The van der Waals surface area contributed by atoms with Gasteiger partial charge < -0.3 is 14.6 Å². The minimum Gasteiger partial charge on any atom is -0.507 e. The molecular weight excluding hydrogens is 560 g/mol. The van der Waals surface area contributed by atoms with Gasteiger partial charge in [0.05, 0.1) is 5.57 Å². The van der Waals surface area contributed by atoms with Crippen LogP contribution in [0, 0.1) is 11.6 Å². The molecule has 2 aliphatic rings. The lowest BCUT2D eigenvalue weighted by Gasteiger charge is -2.23. The predicted molar refractivity (Wildman–Crippen MR) is 144 cm³/mol. The van der Waals surface area contributed by atoms with E-state index in [1.165, 1.54) is 54.2 Å². The Bertz CT molecular complexity index is 1660. The van der Waals surface area contributed by atoms with Gasteiger partial charge in [0.1, 0.15) is 36.6 Å². The van der Waals surface area contributed by atoms with Crippen molar-refractivity contribution in [3.05, 3.63) is 101 Å². The zero-order chi connectivity index (χ0) is 27.8. The molecule has 1 fully saturated rings. The van der Waals surface area contributed by atoms with Crippen LogP contribution in [0.4, 0.5) is 13.9 Å². The number of aliphatic hydroxyl groups is 1. The van der Waals surface area contributed by atoms with Gasteiger partial charge in [-0.05, 0) is 42.0 Å². The second-order valence-electron chi connectivity index (χ2n) is 8.81. The number of thioether (sulfide) groups is 1. The summed E-state index contributed by atoms with van der Waals surface area (Å²) in [6, 6.07) is 15.1. The van der Waals surface area contributed by atoms with E-state index >= 15 is 4.39 Å². The van der Waals surface area contributed by atoms with Crippen LogP contribution in [0.1, 0.15) is 22.7 Å². The molecule has 0 spiro atoms. The maximum Gasteiger partial charge on any atom is 0.301 e. The standard InChI is InChI=1S/C28H19F2N3O5S2/c29-17-8-5-15(6-9-17)14-39-28-32-31-27(40-28)33-23(18-3-1-2-4-19(18)30)22(25(35)26(33)36)24(34)16-7-10-20-21(13-16)38-12-11-37-20/h1-10,13,23,34H,11-12,14H2/b24-22+/t23-/m1/s1. The second-order valence-corrected chi connectivity index (χ2v) is 11.0. The number of halogens is 2. The van der Waals surface area contributed by atoms with Crippen LogP contribution in [0.25, 0.3) is 5.76 Å². The lowest BCUT2D eigenvalue weighted by atomic mass is 9.95. The number of Topliss-reactive ketones (excluding diaryl/α,β-unsaturated/α-hetero) is 1. The van der Waals surface area contributed by atoms with E-state index < -0.39 is 29.3 Å². The highest BCUT2D eigenvalue weighted by atomic mass is 32.2. The van der Waals surface area contributed by atoms with Crippen molar-refractivity contribution in [2.24, 2.45) is 0 Å². The molecular formula is C28H19F2N3O5S2. The molecule has 1 amide bonds. The summed E-state index contributed by atoms with van der Waals surface area (Å²) < 4.78 is 40.0. The van der Waals surface area contributed by atoms with E-state index in [9.17, 15) is 19.1 Å². The first-order valence-corrected chi connectivity index (χ1v) is 13.9. The summed E-state index contributed by atoms with van der Waals surface area (Å²) >= 11 is 2.36. The third-order valence-corrected chi connectivity index (χ3v) is 8.46. The molecule has 0 unspecified atom stereocenters. The smallest absolute Gasteiger partial charge is 0.301 e. The van der Waals surface area contributed by atoms with Gasteiger partial charge in [-0.15, -0.1) is 10.2 Å². The number of hydrogen-bond acceptors (Lipinski definition) is 9. The molecule has 2 aliphatic heterocycles. The molecule has 202 valence electrons. The maximum atomic E-state index is 15.1. The van der Waals surface area contributed by atoms with Gasteiger partial charge in [-0.2, -0.15) is 0 Å². The largest absolute Gasteiger partial charge is 0.507 e. The van der Waals surface area contributed by atoms with Crippen molar-refractivity contribution in [3.63, 3.8) is 0 Å². The molecule has 40 heavy (non-hydrogen) atoms. The van der Waals surface area contributed by atoms with Gasteiger partial charge in [0.15, 0.2) is 15.8 Å². The second kappa shape index (κ2) is 10.7. The summed E-state index contributed by atoms with van der Waals surface area (Å²) in [5.41, 5.74) is 0.782. The number of aliphatic hydroxyl groups excluding tert-OH is 1. The molecule has 1 atom stereocenters. The van der Waals surface area contributed by atoms with Crippen molar-refractivity contribution in [2.45, 2.75) is 16.1 Å². The van der Waals surface area contributed by atoms with Crippen molar-refractivity contribution < 1.29 is 33.0 Å². The topological polar surface area (TPSA) is 102 Å². The number of ether oxygens (including phenoxy) is 2. The highest BCUT2D eigenvalue weighted by Crippen LogP contribution is 2.45. The molecule has 4 aromatic rings. The molecule has 3 heterocycles. The number of benzene rings is 3. The Kier molecular flexibility index (Phi) is 6.95. The van der Waals surface area contributed by atoms with Crippen LogP contribution in [0.15, 0.2) is 76.6 Å². The predicted octanol–water partition coefficient (Wildman–Crippen LogP) is 5.51. The number of hydrogen-bond donors (Lipinski definition) is 1. The number of amides is 1. The Balaban J connectivity index is 1.39. The Labute approximate surface area is 234 Å². The molecule has 0 radical (unpaired) electrons. The van der Waals surface area contributed by atoms with Crippen molar-refractivity contribution >= 4 is 45.7 Å². The first-order chi connectivity index (χ1) is 19.4. The van der Waals surface area contributed by atoms with Gasteiger partial charge in [0, 0.05) is 16.9 Å². The SMILES string of the molecule is O=C1C(=O)N(c2nnc(SCc3ccc(F)cc3)s2)[C@H](c2ccccc2F)/C1=C(\O)c1ccc2c(c1)OCCO2. The maximum absolute atomic E-state index is 15.1. The molecule has 1 aromatic heterocycles. The molecule has 8 nitrogen and oxygen atoms in total. The van der Waals surface area contributed by atoms with E-state index in [1.54, 1.807) is 24.3 Å². The third-order valence-electron chi connectivity index (χ3n) is 6.34. The Morgan fingerprint density at radius 3 is 2.52 bits per heavy atom. The first-order valence-electron chi connectivity index (χ1n) is 12.1. The Morgan fingerprint density at radius 2 is 1.75 bits per heavy atom. The normalized spacial score (nSPS) is 17.9. The lowest BCUT2D eigenvalue weighted by Crippen LogP contribution is -2.29. The van der Waals surface area contributed by atoms with Crippen LogP contribution >= 0.6 is 23.1 Å². The molecule has 1 N–H and O–H groups in total. The van der Waals surface area contributed by atoms with E-state index in [0.29, 0.717) is 34.8 Å². The number of rotatable bonds is 6. The molecule has 0 saturated carbocycles. The first kappa shape index (κ1) is 26.0. The summed E-state index contributed by atoms with van der Waals surface area (Å²) in [6.45, 7) is 0.693. The van der Waals surface area contributed by atoms with E-state index in [0.717, 1.165) is 21.8 Å². The van der Waals surface area contributed by atoms with Crippen LogP contribution in [0.3, 0.4) is 0 Å². The minimum absolute atomic E-state index is 0.0107. The van der Waals surface area contributed by atoms with E-state index in [2.05, 4.69) is 10.2 Å². The van der Waals surface area contributed by atoms with Gasteiger partial charge in [0.2, 0.25) is 5.13 Å². The summed E-state index contributed by atoms with van der Waals surface area (Å²) in [6.07, 6.45) is 0. The number of ketones is 1. The number of carbonyl (C=O) groups is 2. The van der Waals surface area contributed by atoms with E-state index in [-0.39, 0.29) is 27.6 Å². The summed E-state index contributed by atoms with van der Waals surface area (Å²) in [5, 5.41) is 19.6. The van der Waals surface area contributed by atoms with Gasteiger partial charge in [0.25, 0.3) is 5.78 Å². The Morgan fingerprint density at radius 1 is 1.00 bits per heavy atom. The highest BCUT2D eigenvalue weighted by Gasteiger charge is 2.49. The monoisotopic (exact) mass is 579 g/mol. The van der Waals surface area contributed by atoms with Crippen molar-refractivity contribution in [2.75, 3.05) is 18.1 Å².